The third-order valence-corrected chi connectivity index (χ3v) is 5.89. The molecule has 146 valence electrons. The third kappa shape index (κ3) is 4.06. The van der Waals surface area contributed by atoms with Crippen molar-refractivity contribution in [3.8, 4) is 0 Å². The van der Waals surface area contributed by atoms with Crippen LogP contribution < -0.4 is 0 Å². The fourth-order valence-corrected chi connectivity index (χ4v) is 4.22. The van der Waals surface area contributed by atoms with Crippen molar-refractivity contribution in [2.75, 3.05) is 0 Å². The minimum absolute atomic E-state index is 0.244. The smallest absolute Gasteiger partial charge is 0.290 e. The largest absolute Gasteiger partial charge is 0.503 e. The molecule has 4 rings (SSSR count). The number of nitrogens with zero attached hydrogens (tertiary/aromatic N) is 1. The molecule has 1 atom stereocenters. The standard InChI is InChI=1S/C23H16BrCl2NO2/c24-17-3-1-2-16(12-17)21-20(15-6-10-19(26)11-7-15)22(28)23(29)27(21)13-14-4-8-18(25)9-5-14/h1-12,21,28H,13H2/t21-/m1/s1. The van der Waals surface area contributed by atoms with Crippen molar-refractivity contribution in [3.63, 3.8) is 0 Å². The Bertz CT molecular complexity index is 1090. The minimum Gasteiger partial charge on any atom is -0.503 e. The summed E-state index contributed by atoms with van der Waals surface area (Å²) in [6.07, 6.45) is 0. The van der Waals surface area contributed by atoms with E-state index in [-0.39, 0.29) is 5.76 Å². The van der Waals surface area contributed by atoms with Gasteiger partial charge in [-0.15, -0.1) is 0 Å². The predicted molar refractivity (Wildman–Crippen MR) is 120 cm³/mol. The first-order chi connectivity index (χ1) is 13.9. The molecule has 0 spiro atoms. The van der Waals surface area contributed by atoms with E-state index in [1.165, 1.54) is 0 Å². The minimum atomic E-state index is -0.433. The molecule has 3 aromatic carbocycles. The second-order valence-electron chi connectivity index (χ2n) is 6.79. The van der Waals surface area contributed by atoms with Gasteiger partial charge >= 0.3 is 0 Å². The van der Waals surface area contributed by atoms with E-state index in [0.717, 1.165) is 21.2 Å². The summed E-state index contributed by atoms with van der Waals surface area (Å²) in [7, 11) is 0. The Labute approximate surface area is 187 Å². The van der Waals surface area contributed by atoms with Crippen LogP contribution in [0.1, 0.15) is 22.7 Å². The van der Waals surface area contributed by atoms with Crippen molar-refractivity contribution in [2.45, 2.75) is 12.6 Å². The van der Waals surface area contributed by atoms with Gasteiger partial charge in [0.2, 0.25) is 0 Å². The average molecular weight is 489 g/mol. The van der Waals surface area contributed by atoms with Gasteiger partial charge in [0.1, 0.15) is 0 Å². The zero-order valence-corrected chi connectivity index (χ0v) is 18.2. The quantitative estimate of drug-likeness (QED) is 0.438. The van der Waals surface area contributed by atoms with E-state index < -0.39 is 11.9 Å². The Morgan fingerprint density at radius 2 is 1.55 bits per heavy atom. The molecular weight excluding hydrogens is 473 g/mol. The fraction of sp³-hybridized carbons (Fsp3) is 0.0870. The second-order valence-corrected chi connectivity index (χ2v) is 8.57. The molecule has 3 aromatic rings. The Kier molecular flexibility index (Phi) is 5.68. The summed E-state index contributed by atoms with van der Waals surface area (Å²) < 4.78 is 0.899. The fourth-order valence-electron chi connectivity index (χ4n) is 3.55. The first-order valence-electron chi connectivity index (χ1n) is 8.94. The van der Waals surface area contributed by atoms with Gasteiger partial charge in [-0.05, 0) is 53.1 Å². The monoisotopic (exact) mass is 487 g/mol. The van der Waals surface area contributed by atoms with Crippen molar-refractivity contribution in [2.24, 2.45) is 0 Å². The van der Waals surface area contributed by atoms with Crippen molar-refractivity contribution in [3.05, 3.63) is 110 Å². The van der Waals surface area contributed by atoms with Crippen LogP contribution in [0.4, 0.5) is 0 Å². The Hall–Kier alpha value is -2.27. The number of amides is 1. The van der Waals surface area contributed by atoms with E-state index in [9.17, 15) is 9.90 Å². The van der Waals surface area contributed by atoms with Crippen LogP contribution in [0.5, 0.6) is 0 Å². The highest BCUT2D eigenvalue weighted by Gasteiger charge is 2.41. The van der Waals surface area contributed by atoms with Crippen LogP contribution in [0.2, 0.25) is 10.0 Å². The number of carbonyl (C=O) groups is 1. The molecule has 29 heavy (non-hydrogen) atoms. The number of aliphatic hydroxyl groups is 1. The molecule has 0 unspecified atom stereocenters. The maximum Gasteiger partial charge on any atom is 0.290 e. The highest BCUT2D eigenvalue weighted by Crippen LogP contribution is 2.44. The highest BCUT2D eigenvalue weighted by molar-refractivity contribution is 9.10. The van der Waals surface area contributed by atoms with Crippen molar-refractivity contribution in [1.29, 1.82) is 0 Å². The molecule has 1 aliphatic rings. The zero-order chi connectivity index (χ0) is 20.5. The summed E-state index contributed by atoms with van der Waals surface area (Å²) in [4.78, 5) is 14.7. The van der Waals surface area contributed by atoms with Gasteiger partial charge in [-0.1, -0.05) is 75.5 Å². The molecule has 0 saturated heterocycles. The van der Waals surface area contributed by atoms with Crippen LogP contribution in [-0.4, -0.2) is 15.9 Å². The molecule has 1 heterocycles. The van der Waals surface area contributed by atoms with Crippen LogP contribution in [0, 0.1) is 0 Å². The molecule has 1 aliphatic heterocycles. The van der Waals surface area contributed by atoms with Crippen molar-refractivity contribution in [1.82, 2.24) is 4.90 Å². The Morgan fingerprint density at radius 1 is 0.931 bits per heavy atom. The lowest BCUT2D eigenvalue weighted by Gasteiger charge is -2.27. The third-order valence-electron chi connectivity index (χ3n) is 4.89. The molecule has 0 fully saturated rings. The maximum atomic E-state index is 13.1. The van der Waals surface area contributed by atoms with E-state index in [2.05, 4.69) is 15.9 Å². The van der Waals surface area contributed by atoms with Gasteiger partial charge in [0.15, 0.2) is 5.76 Å². The van der Waals surface area contributed by atoms with Crippen LogP contribution in [-0.2, 0) is 11.3 Å². The lowest BCUT2D eigenvalue weighted by molar-refractivity contribution is -0.130. The SMILES string of the molecule is O=C1C(O)=C(c2ccc(Cl)cc2)[C@@H](c2cccc(Br)c2)N1Cc1ccc(Cl)cc1. The summed E-state index contributed by atoms with van der Waals surface area (Å²) in [5.74, 6) is -0.652. The van der Waals surface area contributed by atoms with E-state index in [1.54, 1.807) is 29.2 Å². The molecule has 0 radical (unpaired) electrons. The predicted octanol–water partition coefficient (Wildman–Crippen LogP) is 6.81. The van der Waals surface area contributed by atoms with Gasteiger partial charge in [-0.2, -0.15) is 0 Å². The topological polar surface area (TPSA) is 40.5 Å². The molecule has 1 amide bonds. The summed E-state index contributed by atoms with van der Waals surface area (Å²) in [5.41, 5.74) is 3.14. The second kappa shape index (κ2) is 8.23. The number of rotatable bonds is 4. The van der Waals surface area contributed by atoms with Gasteiger partial charge in [0, 0.05) is 26.6 Å². The molecular formula is C23H16BrCl2NO2. The summed E-state index contributed by atoms with van der Waals surface area (Å²) >= 11 is 15.5. The van der Waals surface area contributed by atoms with E-state index in [4.69, 9.17) is 23.2 Å². The van der Waals surface area contributed by atoms with Crippen LogP contribution in [0.15, 0.2) is 83.0 Å². The maximum absolute atomic E-state index is 13.1. The van der Waals surface area contributed by atoms with Gasteiger partial charge in [-0.3, -0.25) is 4.79 Å². The van der Waals surface area contributed by atoms with Crippen molar-refractivity contribution < 1.29 is 9.90 Å². The first-order valence-corrected chi connectivity index (χ1v) is 10.5. The van der Waals surface area contributed by atoms with Crippen LogP contribution in [0.25, 0.3) is 5.57 Å². The number of hydrogen-bond donors (Lipinski definition) is 1. The zero-order valence-electron chi connectivity index (χ0n) is 15.1. The molecule has 3 nitrogen and oxygen atoms in total. The van der Waals surface area contributed by atoms with E-state index >= 15 is 0 Å². The van der Waals surface area contributed by atoms with Gasteiger partial charge in [-0.25, -0.2) is 0 Å². The van der Waals surface area contributed by atoms with Gasteiger partial charge in [0.05, 0.1) is 6.04 Å². The van der Waals surface area contributed by atoms with Crippen LogP contribution in [0.3, 0.4) is 0 Å². The normalized spacial score (nSPS) is 16.6. The number of carbonyl (C=O) groups excluding carboxylic acids is 1. The molecule has 6 heteroatoms. The van der Waals surface area contributed by atoms with Crippen LogP contribution >= 0.6 is 39.1 Å². The summed E-state index contributed by atoms with van der Waals surface area (Å²) in [6.45, 7) is 0.342. The number of benzene rings is 3. The highest BCUT2D eigenvalue weighted by atomic mass is 79.9. The lowest BCUT2D eigenvalue weighted by Crippen LogP contribution is -2.29. The van der Waals surface area contributed by atoms with E-state index in [1.807, 2.05) is 48.5 Å². The average Bonchev–Trinajstić information content (AvgIpc) is 2.95. The lowest BCUT2D eigenvalue weighted by atomic mass is 9.93. The van der Waals surface area contributed by atoms with Gasteiger partial charge < -0.3 is 10.0 Å². The molecule has 0 bridgehead atoms. The first kappa shape index (κ1) is 20.0. The van der Waals surface area contributed by atoms with Crippen molar-refractivity contribution >= 4 is 50.6 Å². The van der Waals surface area contributed by atoms with Gasteiger partial charge in [0.25, 0.3) is 5.91 Å². The molecule has 0 aromatic heterocycles. The number of halogens is 3. The number of hydrogen-bond acceptors (Lipinski definition) is 2. The van der Waals surface area contributed by atoms with E-state index in [0.29, 0.717) is 22.2 Å². The number of aliphatic hydroxyl groups excluding tert-OH is 1. The molecule has 0 saturated carbocycles. The summed E-state index contributed by atoms with van der Waals surface area (Å²) in [5, 5.41) is 12.0. The molecule has 0 aliphatic carbocycles. The summed E-state index contributed by atoms with van der Waals surface area (Å²) in [6, 6.07) is 21.8. The Balaban J connectivity index is 1.81. The Morgan fingerprint density at radius 3 is 2.17 bits per heavy atom. The molecule has 1 N–H and O–H groups in total.